The normalized spacial score (nSPS) is 13.2. The molecule has 0 aliphatic carbocycles. The Labute approximate surface area is 103 Å². The molecule has 0 amide bonds. The van der Waals surface area contributed by atoms with E-state index in [0.717, 1.165) is 6.26 Å². The molecule has 18 heavy (non-hydrogen) atoms. The van der Waals surface area contributed by atoms with Gasteiger partial charge in [0.05, 0.1) is 0 Å². The standard InChI is InChI=1S/C10H10N4O3S/c1-6(18(2,15)16)9-13-10(17-14-9)8-4-3-7(5-11)12-8/h3-4,6,12H,1-2H3. The van der Waals surface area contributed by atoms with Gasteiger partial charge in [0.15, 0.2) is 15.7 Å². The van der Waals surface area contributed by atoms with Gasteiger partial charge in [0, 0.05) is 6.26 Å². The third kappa shape index (κ3) is 2.26. The predicted molar refractivity (Wildman–Crippen MR) is 62.1 cm³/mol. The maximum atomic E-state index is 11.4. The van der Waals surface area contributed by atoms with Gasteiger partial charge in [-0.1, -0.05) is 5.16 Å². The van der Waals surface area contributed by atoms with Crippen LogP contribution in [0.4, 0.5) is 0 Å². The largest absolute Gasteiger partial charge is 0.342 e. The van der Waals surface area contributed by atoms with E-state index in [2.05, 4.69) is 15.1 Å². The highest BCUT2D eigenvalue weighted by atomic mass is 32.2. The highest BCUT2D eigenvalue weighted by Gasteiger charge is 2.23. The number of nitrogens with zero attached hydrogens (tertiary/aromatic N) is 3. The van der Waals surface area contributed by atoms with Crippen molar-refractivity contribution in [3.8, 4) is 17.7 Å². The molecule has 0 aliphatic rings. The van der Waals surface area contributed by atoms with Crippen molar-refractivity contribution in [3.63, 3.8) is 0 Å². The summed E-state index contributed by atoms with van der Waals surface area (Å²) in [5, 5.41) is 11.5. The molecule has 1 N–H and O–H groups in total. The third-order valence-corrected chi connectivity index (χ3v) is 3.98. The van der Waals surface area contributed by atoms with Crippen molar-refractivity contribution in [1.82, 2.24) is 15.1 Å². The van der Waals surface area contributed by atoms with Crippen molar-refractivity contribution in [3.05, 3.63) is 23.7 Å². The van der Waals surface area contributed by atoms with Gasteiger partial charge in [-0.3, -0.25) is 0 Å². The molecule has 94 valence electrons. The van der Waals surface area contributed by atoms with Gasteiger partial charge in [-0.15, -0.1) is 0 Å². The summed E-state index contributed by atoms with van der Waals surface area (Å²) in [6.45, 7) is 1.49. The van der Waals surface area contributed by atoms with E-state index in [4.69, 9.17) is 9.78 Å². The van der Waals surface area contributed by atoms with Crippen LogP contribution in [0.15, 0.2) is 16.7 Å². The summed E-state index contributed by atoms with van der Waals surface area (Å²) in [4.78, 5) is 6.76. The van der Waals surface area contributed by atoms with Crippen molar-refractivity contribution in [2.75, 3.05) is 6.26 Å². The summed E-state index contributed by atoms with van der Waals surface area (Å²) in [5.41, 5.74) is 0.840. The van der Waals surface area contributed by atoms with Crippen molar-refractivity contribution in [2.24, 2.45) is 0 Å². The third-order valence-electron chi connectivity index (χ3n) is 2.48. The molecule has 7 nitrogen and oxygen atoms in total. The minimum absolute atomic E-state index is 0.0978. The van der Waals surface area contributed by atoms with E-state index in [1.807, 2.05) is 6.07 Å². The number of sulfone groups is 1. The average Bonchev–Trinajstić information content (AvgIpc) is 2.95. The van der Waals surface area contributed by atoms with Crippen LogP contribution in [-0.2, 0) is 9.84 Å². The second kappa shape index (κ2) is 4.27. The first kappa shape index (κ1) is 12.3. The smallest absolute Gasteiger partial charge is 0.274 e. The summed E-state index contributed by atoms with van der Waals surface area (Å²) in [6.07, 6.45) is 1.11. The number of nitrogens with one attached hydrogen (secondary N) is 1. The summed E-state index contributed by atoms with van der Waals surface area (Å²) in [7, 11) is -3.27. The molecule has 0 saturated heterocycles. The van der Waals surface area contributed by atoms with Crippen LogP contribution in [0.3, 0.4) is 0 Å². The van der Waals surface area contributed by atoms with Crippen LogP contribution in [0.1, 0.15) is 23.7 Å². The average molecular weight is 266 g/mol. The van der Waals surface area contributed by atoms with Gasteiger partial charge in [-0.25, -0.2) is 8.42 Å². The molecule has 2 rings (SSSR count). The van der Waals surface area contributed by atoms with Crippen LogP contribution in [0, 0.1) is 11.3 Å². The van der Waals surface area contributed by atoms with Gasteiger partial charge in [0.2, 0.25) is 0 Å². The molecule has 2 aromatic rings. The molecule has 1 unspecified atom stereocenters. The molecule has 0 aromatic carbocycles. The predicted octanol–water partition coefficient (Wildman–Crippen LogP) is 1.04. The monoisotopic (exact) mass is 266 g/mol. The molecule has 0 aliphatic heterocycles. The van der Waals surface area contributed by atoms with Gasteiger partial charge < -0.3 is 9.51 Å². The summed E-state index contributed by atoms with van der Waals surface area (Å²) < 4.78 is 27.7. The van der Waals surface area contributed by atoms with E-state index < -0.39 is 15.1 Å². The van der Waals surface area contributed by atoms with Crippen molar-refractivity contribution < 1.29 is 12.9 Å². The number of hydrogen-bond donors (Lipinski definition) is 1. The molecule has 0 fully saturated rings. The lowest BCUT2D eigenvalue weighted by molar-refractivity contribution is 0.421. The number of H-pyrrole nitrogens is 1. The van der Waals surface area contributed by atoms with E-state index in [1.165, 1.54) is 6.92 Å². The lowest BCUT2D eigenvalue weighted by Crippen LogP contribution is -2.09. The Bertz CT molecular complexity index is 708. The molecular formula is C10H10N4O3S. The molecule has 0 saturated carbocycles. The van der Waals surface area contributed by atoms with E-state index in [1.54, 1.807) is 12.1 Å². The minimum Gasteiger partial charge on any atom is -0.342 e. The highest BCUT2D eigenvalue weighted by molar-refractivity contribution is 7.90. The Kier molecular flexibility index (Phi) is 2.92. The van der Waals surface area contributed by atoms with Crippen LogP contribution < -0.4 is 0 Å². The fourth-order valence-electron chi connectivity index (χ4n) is 1.29. The number of nitriles is 1. The first-order valence-corrected chi connectivity index (χ1v) is 6.99. The molecule has 8 heteroatoms. The second-order valence-corrected chi connectivity index (χ2v) is 6.19. The molecule has 1 atom stereocenters. The number of hydrogen-bond acceptors (Lipinski definition) is 6. The first-order chi connectivity index (χ1) is 8.41. The first-order valence-electron chi connectivity index (χ1n) is 5.04. The molecule has 0 spiro atoms. The van der Waals surface area contributed by atoms with E-state index in [-0.39, 0.29) is 11.7 Å². The molecular weight excluding hydrogens is 256 g/mol. The zero-order valence-electron chi connectivity index (χ0n) is 9.71. The van der Waals surface area contributed by atoms with E-state index in [0.29, 0.717) is 11.4 Å². The number of aromatic amines is 1. The quantitative estimate of drug-likeness (QED) is 0.888. The van der Waals surface area contributed by atoms with Crippen LogP contribution >= 0.6 is 0 Å². The summed E-state index contributed by atoms with van der Waals surface area (Å²) in [5.74, 6) is 0.252. The van der Waals surface area contributed by atoms with Crippen molar-refractivity contribution in [1.29, 1.82) is 5.26 Å². The zero-order valence-corrected chi connectivity index (χ0v) is 10.5. The molecule has 0 radical (unpaired) electrons. The lowest BCUT2D eigenvalue weighted by Gasteiger charge is -2.01. The minimum atomic E-state index is -3.27. The molecule has 2 heterocycles. The Morgan fingerprint density at radius 3 is 2.78 bits per heavy atom. The highest BCUT2D eigenvalue weighted by Crippen LogP contribution is 2.22. The Balaban J connectivity index is 2.34. The number of aromatic nitrogens is 3. The van der Waals surface area contributed by atoms with Gasteiger partial charge in [-0.2, -0.15) is 10.2 Å². The van der Waals surface area contributed by atoms with E-state index in [9.17, 15) is 8.42 Å². The van der Waals surface area contributed by atoms with Gasteiger partial charge in [0.25, 0.3) is 5.89 Å². The second-order valence-electron chi connectivity index (χ2n) is 3.83. The zero-order chi connectivity index (χ0) is 13.3. The fourth-order valence-corrected chi connectivity index (χ4v) is 1.76. The van der Waals surface area contributed by atoms with Gasteiger partial charge in [-0.05, 0) is 19.1 Å². The molecule has 2 aromatic heterocycles. The van der Waals surface area contributed by atoms with Crippen molar-refractivity contribution >= 4 is 9.84 Å². The summed E-state index contributed by atoms with van der Waals surface area (Å²) >= 11 is 0. The maximum absolute atomic E-state index is 11.4. The van der Waals surface area contributed by atoms with Gasteiger partial charge >= 0.3 is 0 Å². The Morgan fingerprint density at radius 2 is 2.22 bits per heavy atom. The van der Waals surface area contributed by atoms with Gasteiger partial charge in [0.1, 0.15) is 22.7 Å². The van der Waals surface area contributed by atoms with E-state index >= 15 is 0 Å². The molecule has 0 bridgehead atoms. The number of rotatable bonds is 3. The topological polar surface area (TPSA) is 113 Å². The Hall–Kier alpha value is -2.14. The lowest BCUT2D eigenvalue weighted by atomic mass is 10.4. The van der Waals surface area contributed by atoms with Crippen LogP contribution in [0.2, 0.25) is 0 Å². The fraction of sp³-hybridized carbons (Fsp3) is 0.300. The maximum Gasteiger partial charge on any atom is 0.274 e. The Morgan fingerprint density at radius 1 is 1.50 bits per heavy atom. The summed E-state index contributed by atoms with van der Waals surface area (Å²) in [6, 6.07) is 5.11. The van der Waals surface area contributed by atoms with Crippen LogP contribution in [0.5, 0.6) is 0 Å². The SMILES string of the molecule is CC(c1noc(-c2ccc(C#N)[nH]2)n1)S(C)(=O)=O. The van der Waals surface area contributed by atoms with Crippen molar-refractivity contribution in [2.45, 2.75) is 12.2 Å². The van der Waals surface area contributed by atoms with Crippen LogP contribution in [-0.4, -0.2) is 29.8 Å². The van der Waals surface area contributed by atoms with Crippen LogP contribution in [0.25, 0.3) is 11.6 Å².